The van der Waals surface area contributed by atoms with Crippen molar-refractivity contribution in [3.05, 3.63) is 54.6 Å². The molecule has 0 radical (unpaired) electrons. The molecule has 1 fully saturated rings. The quantitative estimate of drug-likeness (QED) is 0.842. The maximum atomic E-state index is 5.84. The second-order valence-corrected chi connectivity index (χ2v) is 5.07. The van der Waals surface area contributed by atoms with Crippen LogP contribution in [0.15, 0.2) is 54.6 Å². The zero-order chi connectivity index (χ0) is 12.9. The van der Waals surface area contributed by atoms with Gasteiger partial charge in [0.05, 0.1) is 0 Å². The number of anilines is 1. The van der Waals surface area contributed by atoms with Crippen LogP contribution in [0.25, 0.3) is 0 Å². The van der Waals surface area contributed by atoms with Crippen molar-refractivity contribution in [1.82, 2.24) is 0 Å². The van der Waals surface area contributed by atoms with Crippen molar-refractivity contribution in [2.45, 2.75) is 31.7 Å². The van der Waals surface area contributed by atoms with Gasteiger partial charge in [-0.1, -0.05) is 37.1 Å². The van der Waals surface area contributed by atoms with E-state index in [9.17, 15) is 0 Å². The number of nitrogens with one attached hydrogen (secondary N) is 1. The predicted molar refractivity (Wildman–Crippen MR) is 78.8 cm³/mol. The average Bonchev–Trinajstić information content (AvgIpc) is 2.93. The zero-order valence-electron chi connectivity index (χ0n) is 11.0. The normalized spacial score (nSPS) is 15.4. The molecule has 3 rings (SSSR count). The molecular formula is C17H19NO. The van der Waals surface area contributed by atoms with Gasteiger partial charge < -0.3 is 10.1 Å². The Morgan fingerprint density at radius 1 is 0.842 bits per heavy atom. The molecule has 0 atom stereocenters. The molecule has 1 saturated carbocycles. The first-order valence-corrected chi connectivity index (χ1v) is 7.00. The number of para-hydroxylation sites is 1. The van der Waals surface area contributed by atoms with Gasteiger partial charge >= 0.3 is 0 Å². The van der Waals surface area contributed by atoms with Crippen molar-refractivity contribution in [1.29, 1.82) is 0 Å². The SMILES string of the molecule is c1ccc(Oc2cccc(NC3CCCC3)c2)cc1. The maximum absolute atomic E-state index is 5.84. The molecule has 2 heteroatoms. The fourth-order valence-corrected chi connectivity index (χ4v) is 2.58. The second-order valence-electron chi connectivity index (χ2n) is 5.07. The van der Waals surface area contributed by atoms with Gasteiger partial charge in [-0.25, -0.2) is 0 Å². The van der Waals surface area contributed by atoms with Crippen molar-refractivity contribution in [2.24, 2.45) is 0 Å². The minimum absolute atomic E-state index is 0.631. The Balaban J connectivity index is 1.69. The minimum atomic E-state index is 0.631. The summed E-state index contributed by atoms with van der Waals surface area (Å²) in [6.45, 7) is 0. The first kappa shape index (κ1) is 12.1. The molecule has 2 nitrogen and oxygen atoms in total. The highest BCUT2D eigenvalue weighted by Crippen LogP contribution is 2.26. The van der Waals surface area contributed by atoms with Crippen molar-refractivity contribution in [2.75, 3.05) is 5.32 Å². The van der Waals surface area contributed by atoms with E-state index in [0.717, 1.165) is 17.2 Å². The lowest BCUT2D eigenvalue weighted by Gasteiger charge is -2.14. The lowest BCUT2D eigenvalue weighted by molar-refractivity contribution is 0.483. The van der Waals surface area contributed by atoms with Crippen LogP contribution in [0.3, 0.4) is 0 Å². The van der Waals surface area contributed by atoms with Crippen molar-refractivity contribution in [3.8, 4) is 11.5 Å². The Morgan fingerprint density at radius 2 is 1.58 bits per heavy atom. The molecule has 2 aromatic rings. The highest BCUT2D eigenvalue weighted by atomic mass is 16.5. The number of rotatable bonds is 4. The third-order valence-corrected chi connectivity index (χ3v) is 3.54. The number of hydrogen-bond donors (Lipinski definition) is 1. The van der Waals surface area contributed by atoms with Crippen molar-refractivity contribution < 1.29 is 4.74 Å². The molecule has 0 heterocycles. The van der Waals surface area contributed by atoms with Gasteiger partial charge in [0.2, 0.25) is 0 Å². The van der Waals surface area contributed by atoms with E-state index in [0.29, 0.717) is 6.04 Å². The fraction of sp³-hybridized carbons (Fsp3) is 0.294. The summed E-state index contributed by atoms with van der Waals surface area (Å²) in [6, 6.07) is 18.7. The van der Waals surface area contributed by atoms with Crippen LogP contribution in [0.2, 0.25) is 0 Å². The summed E-state index contributed by atoms with van der Waals surface area (Å²) in [5.74, 6) is 1.76. The molecule has 0 saturated heterocycles. The Labute approximate surface area is 114 Å². The Hall–Kier alpha value is -1.96. The predicted octanol–water partition coefficient (Wildman–Crippen LogP) is 4.83. The molecule has 98 valence electrons. The lowest BCUT2D eigenvalue weighted by atomic mass is 10.2. The lowest BCUT2D eigenvalue weighted by Crippen LogP contribution is -2.14. The van der Waals surface area contributed by atoms with Crippen molar-refractivity contribution >= 4 is 5.69 Å². The molecule has 1 aliphatic carbocycles. The highest BCUT2D eigenvalue weighted by Gasteiger charge is 2.14. The van der Waals surface area contributed by atoms with Gasteiger partial charge in [-0.3, -0.25) is 0 Å². The van der Waals surface area contributed by atoms with E-state index >= 15 is 0 Å². The van der Waals surface area contributed by atoms with E-state index in [2.05, 4.69) is 17.4 Å². The van der Waals surface area contributed by atoms with Crippen LogP contribution in [0.4, 0.5) is 5.69 Å². The fourth-order valence-electron chi connectivity index (χ4n) is 2.58. The summed E-state index contributed by atoms with van der Waals surface area (Å²) < 4.78 is 5.84. The molecule has 0 unspecified atom stereocenters. The zero-order valence-corrected chi connectivity index (χ0v) is 11.0. The van der Waals surface area contributed by atoms with Gasteiger partial charge in [-0.15, -0.1) is 0 Å². The van der Waals surface area contributed by atoms with E-state index in [1.165, 1.54) is 25.7 Å². The van der Waals surface area contributed by atoms with Gasteiger partial charge in [0.1, 0.15) is 11.5 Å². The van der Waals surface area contributed by atoms with Crippen LogP contribution in [0, 0.1) is 0 Å². The molecule has 0 amide bonds. The third-order valence-electron chi connectivity index (χ3n) is 3.54. The average molecular weight is 253 g/mol. The second kappa shape index (κ2) is 5.79. The van der Waals surface area contributed by atoms with Crippen LogP contribution in [-0.2, 0) is 0 Å². The molecule has 1 N–H and O–H groups in total. The van der Waals surface area contributed by atoms with Gasteiger partial charge in [-0.2, -0.15) is 0 Å². The van der Waals surface area contributed by atoms with E-state index < -0.39 is 0 Å². The van der Waals surface area contributed by atoms with Crippen LogP contribution >= 0.6 is 0 Å². The maximum Gasteiger partial charge on any atom is 0.129 e. The molecule has 1 aliphatic rings. The Bertz CT molecular complexity index is 518. The van der Waals surface area contributed by atoms with Crippen LogP contribution in [-0.4, -0.2) is 6.04 Å². The van der Waals surface area contributed by atoms with E-state index in [-0.39, 0.29) is 0 Å². The standard InChI is InChI=1S/C17H19NO/c1-2-10-16(11-3-1)19-17-12-6-9-15(13-17)18-14-7-4-5-8-14/h1-3,6,9-14,18H,4-5,7-8H2. The summed E-state index contributed by atoms with van der Waals surface area (Å²) in [7, 11) is 0. The Morgan fingerprint density at radius 3 is 2.37 bits per heavy atom. The molecule has 0 bridgehead atoms. The van der Waals surface area contributed by atoms with Crippen molar-refractivity contribution in [3.63, 3.8) is 0 Å². The molecule has 0 aromatic heterocycles. The topological polar surface area (TPSA) is 21.3 Å². The van der Waals surface area contributed by atoms with Crippen LogP contribution in [0.5, 0.6) is 11.5 Å². The number of benzene rings is 2. The van der Waals surface area contributed by atoms with Gasteiger partial charge in [0.25, 0.3) is 0 Å². The van der Waals surface area contributed by atoms with Crippen LogP contribution in [0.1, 0.15) is 25.7 Å². The minimum Gasteiger partial charge on any atom is -0.457 e. The largest absolute Gasteiger partial charge is 0.457 e. The molecule has 0 spiro atoms. The number of hydrogen-bond acceptors (Lipinski definition) is 2. The summed E-state index contributed by atoms with van der Waals surface area (Å²) in [6.07, 6.45) is 5.25. The summed E-state index contributed by atoms with van der Waals surface area (Å²) >= 11 is 0. The summed E-state index contributed by atoms with van der Waals surface area (Å²) in [5, 5.41) is 3.59. The van der Waals surface area contributed by atoms with Crippen LogP contribution < -0.4 is 10.1 Å². The monoisotopic (exact) mass is 253 g/mol. The molecular weight excluding hydrogens is 234 g/mol. The van der Waals surface area contributed by atoms with E-state index in [4.69, 9.17) is 4.74 Å². The molecule has 19 heavy (non-hydrogen) atoms. The van der Waals surface area contributed by atoms with E-state index in [1.54, 1.807) is 0 Å². The summed E-state index contributed by atoms with van der Waals surface area (Å²) in [5.41, 5.74) is 1.15. The van der Waals surface area contributed by atoms with Gasteiger partial charge in [0, 0.05) is 17.8 Å². The molecule has 2 aromatic carbocycles. The first-order chi connectivity index (χ1) is 9.40. The van der Waals surface area contributed by atoms with Gasteiger partial charge in [0.15, 0.2) is 0 Å². The third kappa shape index (κ3) is 3.28. The molecule has 0 aliphatic heterocycles. The van der Waals surface area contributed by atoms with E-state index in [1.807, 2.05) is 42.5 Å². The first-order valence-electron chi connectivity index (χ1n) is 7.00. The summed E-state index contributed by atoms with van der Waals surface area (Å²) in [4.78, 5) is 0. The Kier molecular flexibility index (Phi) is 3.68. The smallest absolute Gasteiger partial charge is 0.129 e. The highest BCUT2D eigenvalue weighted by molar-refractivity contribution is 5.49. The van der Waals surface area contributed by atoms with Gasteiger partial charge in [-0.05, 0) is 37.1 Å². The number of ether oxygens (including phenoxy) is 1.